The van der Waals surface area contributed by atoms with Crippen molar-refractivity contribution in [1.82, 2.24) is 4.90 Å². The zero-order chi connectivity index (χ0) is 27.7. The molecule has 0 radical (unpaired) electrons. The first kappa shape index (κ1) is 28.7. The summed E-state index contributed by atoms with van der Waals surface area (Å²) in [6.07, 6.45) is 0.839. The van der Waals surface area contributed by atoms with Crippen LogP contribution >= 0.6 is 0 Å². The number of phenols is 1. The highest BCUT2D eigenvalue weighted by Crippen LogP contribution is 2.34. The van der Waals surface area contributed by atoms with E-state index >= 15 is 0 Å². The number of carbonyl (C=O) groups is 2. The van der Waals surface area contributed by atoms with Gasteiger partial charge in [0.1, 0.15) is 17.2 Å². The Bertz CT molecular complexity index is 1220. The van der Waals surface area contributed by atoms with Crippen molar-refractivity contribution in [3.63, 3.8) is 0 Å². The highest BCUT2D eigenvalue weighted by Gasteiger charge is 2.19. The molecule has 0 spiro atoms. The summed E-state index contributed by atoms with van der Waals surface area (Å²) in [6, 6.07) is 19.1. The van der Waals surface area contributed by atoms with Crippen LogP contribution in [0.25, 0.3) is 0 Å². The highest BCUT2D eigenvalue weighted by atomic mass is 16.5. The molecule has 4 N–H and O–H groups in total. The number of hydrogen-bond acceptors (Lipinski definition) is 7. The predicted octanol–water partition coefficient (Wildman–Crippen LogP) is 5.21. The third-order valence-corrected chi connectivity index (χ3v) is 6.30. The van der Waals surface area contributed by atoms with Crippen molar-refractivity contribution >= 4 is 17.6 Å². The molecule has 3 aromatic rings. The van der Waals surface area contributed by atoms with Crippen molar-refractivity contribution in [3.8, 4) is 17.2 Å². The van der Waals surface area contributed by atoms with Gasteiger partial charge < -0.3 is 25.6 Å². The summed E-state index contributed by atoms with van der Waals surface area (Å²) < 4.78 is 11.0. The van der Waals surface area contributed by atoms with E-state index in [9.17, 15) is 14.7 Å². The zero-order valence-corrected chi connectivity index (χ0v) is 22.5. The fourth-order valence-corrected chi connectivity index (χ4v) is 4.30. The number of rotatable bonds is 11. The number of ether oxygens (including phenoxy) is 2. The van der Waals surface area contributed by atoms with Gasteiger partial charge in [-0.25, -0.2) is 4.79 Å². The molecule has 3 aromatic carbocycles. The van der Waals surface area contributed by atoms with Crippen LogP contribution in [0, 0.1) is 13.8 Å². The molecule has 1 amide bonds. The molecule has 38 heavy (non-hydrogen) atoms. The summed E-state index contributed by atoms with van der Waals surface area (Å²) in [4.78, 5) is 26.0. The first-order chi connectivity index (χ1) is 18.2. The van der Waals surface area contributed by atoms with Gasteiger partial charge in [0.15, 0.2) is 0 Å². The van der Waals surface area contributed by atoms with Crippen molar-refractivity contribution in [1.29, 1.82) is 0 Å². The number of esters is 1. The van der Waals surface area contributed by atoms with Crippen LogP contribution in [0.1, 0.15) is 48.6 Å². The van der Waals surface area contributed by atoms with E-state index in [-0.39, 0.29) is 18.4 Å². The predicted molar refractivity (Wildman–Crippen MR) is 148 cm³/mol. The third kappa shape index (κ3) is 7.57. The lowest BCUT2D eigenvalue weighted by atomic mass is 10.0. The van der Waals surface area contributed by atoms with Gasteiger partial charge in [-0.05, 0) is 87.7 Å². The Morgan fingerprint density at radius 1 is 1.05 bits per heavy atom. The van der Waals surface area contributed by atoms with Crippen LogP contribution in [-0.2, 0) is 20.9 Å². The van der Waals surface area contributed by atoms with Crippen LogP contribution in [0.5, 0.6) is 17.2 Å². The SMILES string of the molecule is CCOC(=O)C(=O)Nc1cc(C)c(Oc2ccc(O)c(CN(CCCN)C(C)c3ccccc3)c2)c(C)c1. The molecule has 0 aliphatic rings. The Morgan fingerprint density at radius 2 is 1.74 bits per heavy atom. The highest BCUT2D eigenvalue weighted by molar-refractivity contribution is 6.37. The maximum Gasteiger partial charge on any atom is 0.397 e. The Morgan fingerprint density at radius 3 is 2.37 bits per heavy atom. The smallest absolute Gasteiger partial charge is 0.397 e. The molecule has 0 saturated carbocycles. The van der Waals surface area contributed by atoms with Crippen LogP contribution in [-0.4, -0.2) is 41.6 Å². The molecular weight excluding hydrogens is 482 g/mol. The average Bonchev–Trinajstić information content (AvgIpc) is 2.90. The van der Waals surface area contributed by atoms with E-state index in [0.29, 0.717) is 30.3 Å². The Kier molecular flexibility index (Phi) is 10.3. The number of aromatic hydroxyl groups is 1. The molecule has 0 aliphatic heterocycles. The molecule has 0 bridgehead atoms. The number of anilines is 1. The van der Waals surface area contributed by atoms with Gasteiger partial charge in [-0.1, -0.05) is 30.3 Å². The number of carbonyl (C=O) groups excluding carboxylic acids is 2. The molecule has 0 saturated heterocycles. The molecule has 1 atom stereocenters. The van der Waals surface area contributed by atoms with Crippen molar-refractivity contribution < 1.29 is 24.2 Å². The number of nitrogens with one attached hydrogen (secondary N) is 1. The van der Waals surface area contributed by atoms with Crippen LogP contribution in [0.4, 0.5) is 5.69 Å². The van der Waals surface area contributed by atoms with Gasteiger partial charge in [0.25, 0.3) is 0 Å². The lowest BCUT2D eigenvalue weighted by Gasteiger charge is -2.30. The number of benzene rings is 3. The number of nitrogens with zero attached hydrogens (tertiary/aromatic N) is 1. The van der Waals surface area contributed by atoms with Crippen LogP contribution in [0.15, 0.2) is 60.7 Å². The van der Waals surface area contributed by atoms with E-state index in [0.717, 1.165) is 29.7 Å². The quantitative estimate of drug-likeness (QED) is 0.235. The van der Waals surface area contributed by atoms with Crippen molar-refractivity contribution in [2.45, 2.75) is 46.7 Å². The largest absolute Gasteiger partial charge is 0.508 e. The number of hydrogen-bond donors (Lipinski definition) is 3. The number of amides is 1. The van der Waals surface area contributed by atoms with E-state index in [1.807, 2.05) is 38.1 Å². The van der Waals surface area contributed by atoms with Crippen LogP contribution in [0.2, 0.25) is 0 Å². The topological polar surface area (TPSA) is 114 Å². The molecule has 1 unspecified atom stereocenters. The second-order valence-corrected chi connectivity index (χ2v) is 9.21. The molecule has 8 nitrogen and oxygen atoms in total. The van der Waals surface area contributed by atoms with Gasteiger partial charge >= 0.3 is 11.9 Å². The summed E-state index contributed by atoms with van der Waals surface area (Å²) >= 11 is 0. The lowest BCUT2D eigenvalue weighted by Crippen LogP contribution is -2.29. The minimum Gasteiger partial charge on any atom is -0.508 e. The summed E-state index contributed by atoms with van der Waals surface area (Å²) in [7, 11) is 0. The van der Waals surface area contributed by atoms with Gasteiger partial charge in [0.05, 0.1) is 6.61 Å². The monoisotopic (exact) mass is 519 g/mol. The zero-order valence-electron chi connectivity index (χ0n) is 22.5. The summed E-state index contributed by atoms with van der Waals surface area (Å²) in [5.74, 6) is -0.346. The molecule has 3 rings (SSSR count). The fourth-order valence-electron chi connectivity index (χ4n) is 4.30. The summed E-state index contributed by atoms with van der Waals surface area (Å²) in [5, 5.41) is 13.2. The Labute approximate surface area is 224 Å². The first-order valence-electron chi connectivity index (χ1n) is 12.8. The maximum atomic E-state index is 12.0. The summed E-state index contributed by atoms with van der Waals surface area (Å²) in [5.41, 5.74) is 9.77. The van der Waals surface area contributed by atoms with E-state index in [1.54, 1.807) is 31.2 Å². The molecule has 0 fully saturated rings. The molecule has 8 heteroatoms. The second-order valence-electron chi connectivity index (χ2n) is 9.21. The Balaban J connectivity index is 1.80. The average molecular weight is 520 g/mol. The number of nitrogens with two attached hydrogens (primary N) is 1. The minimum absolute atomic E-state index is 0.127. The molecule has 202 valence electrons. The molecule has 0 aliphatic carbocycles. The van der Waals surface area contributed by atoms with Crippen molar-refractivity contribution in [2.75, 3.05) is 25.0 Å². The van der Waals surface area contributed by atoms with Gasteiger partial charge in [0, 0.05) is 30.4 Å². The van der Waals surface area contributed by atoms with E-state index in [4.69, 9.17) is 15.2 Å². The molecule has 0 aromatic heterocycles. The third-order valence-electron chi connectivity index (χ3n) is 6.30. The van der Waals surface area contributed by atoms with E-state index < -0.39 is 11.9 Å². The van der Waals surface area contributed by atoms with Crippen molar-refractivity contribution in [3.05, 3.63) is 82.9 Å². The van der Waals surface area contributed by atoms with Gasteiger partial charge in [-0.15, -0.1) is 0 Å². The normalized spacial score (nSPS) is 11.7. The van der Waals surface area contributed by atoms with Crippen LogP contribution in [0.3, 0.4) is 0 Å². The van der Waals surface area contributed by atoms with E-state index in [1.165, 1.54) is 5.56 Å². The molecule has 0 heterocycles. The van der Waals surface area contributed by atoms with Gasteiger partial charge in [-0.3, -0.25) is 9.69 Å². The minimum atomic E-state index is -0.929. The summed E-state index contributed by atoms with van der Waals surface area (Å²) in [6.45, 7) is 9.54. The standard InChI is InChI=1S/C30H37N3O5/c1-5-37-30(36)29(35)32-25-16-20(2)28(21(3)17-25)38-26-12-13-27(34)24(18-26)19-33(15-9-14-31)22(4)23-10-7-6-8-11-23/h6-8,10-13,16-18,22,34H,5,9,14-15,19,31H2,1-4H3,(H,32,35). The maximum absolute atomic E-state index is 12.0. The number of aryl methyl sites for hydroxylation is 2. The fraction of sp³-hybridized carbons (Fsp3) is 0.333. The first-order valence-corrected chi connectivity index (χ1v) is 12.8. The van der Waals surface area contributed by atoms with Gasteiger partial charge in [0.2, 0.25) is 0 Å². The Hall–Kier alpha value is -3.88. The van der Waals surface area contributed by atoms with Gasteiger partial charge in [-0.2, -0.15) is 0 Å². The second kappa shape index (κ2) is 13.6. The van der Waals surface area contributed by atoms with Crippen LogP contribution < -0.4 is 15.8 Å². The molecular formula is C30H37N3O5. The van der Waals surface area contributed by atoms with E-state index in [2.05, 4.69) is 29.3 Å². The van der Waals surface area contributed by atoms with Crippen molar-refractivity contribution in [2.24, 2.45) is 5.73 Å². The lowest BCUT2D eigenvalue weighted by molar-refractivity contribution is -0.152. The number of phenolic OH excluding ortho intramolecular Hbond substituents is 1.